The summed E-state index contributed by atoms with van der Waals surface area (Å²) in [5.74, 6) is -1.58. The largest absolute Gasteiger partial charge is 0.478 e. The molecule has 8 nitrogen and oxygen atoms in total. The van der Waals surface area contributed by atoms with Gasteiger partial charge in [-0.15, -0.1) is 0 Å². The van der Waals surface area contributed by atoms with Crippen LogP contribution in [0.3, 0.4) is 0 Å². The summed E-state index contributed by atoms with van der Waals surface area (Å²) in [6.07, 6.45) is 3.22. The number of aromatic carboxylic acids is 1. The van der Waals surface area contributed by atoms with E-state index in [0.29, 0.717) is 18.6 Å². The number of hydrogen-bond donors (Lipinski definition) is 3. The van der Waals surface area contributed by atoms with E-state index in [4.69, 9.17) is 4.55 Å². The van der Waals surface area contributed by atoms with Gasteiger partial charge in [0.05, 0.1) is 15.4 Å². The van der Waals surface area contributed by atoms with Crippen LogP contribution in [0.1, 0.15) is 55.5 Å². The summed E-state index contributed by atoms with van der Waals surface area (Å²) < 4.78 is 64.5. The van der Waals surface area contributed by atoms with Gasteiger partial charge in [0.2, 0.25) is 0 Å². The van der Waals surface area contributed by atoms with Crippen LogP contribution in [0.2, 0.25) is 0 Å². The molecule has 0 saturated carbocycles. The fourth-order valence-electron chi connectivity index (χ4n) is 2.63. The standard InChI is InChI=1S/C15H22O8S2/c1-3-5-6-10(4-2)7-12-13(15(16)17)8-11(24(18,19)20)9-14(12)25(21,22)23/h8-10H,3-7H2,1-2H3,(H,16,17)(H,18,19,20)(H,21,22,23). The highest BCUT2D eigenvalue weighted by Crippen LogP contribution is 2.29. The molecule has 0 saturated heterocycles. The zero-order valence-electron chi connectivity index (χ0n) is 14.0. The summed E-state index contributed by atoms with van der Waals surface area (Å²) in [4.78, 5) is 9.80. The summed E-state index contributed by atoms with van der Waals surface area (Å²) >= 11 is 0. The highest BCUT2D eigenvalue weighted by atomic mass is 32.2. The van der Waals surface area contributed by atoms with Crippen molar-refractivity contribution in [3.8, 4) is 0 Å². The smallest absolute Gasteiger partial charge is 0.336 e. The molecule has 1 aromatic rings. The molecule has 0 radical (unpaired) electrons. The topological polar surface area (TPSA) is 146 Å². The van der Waals surface area contributed by atoms with Gasteiger partial charge in [0.1, 0.15) is 0 Å². The molecule has 1 atom stereocenters. The van der Waals surface area contributed by atoms with E-state index < -0.39 is 41.6 Å². The van der Waals surface area contributed by atoms with Gasteiger partial charge in [-0.2, -0.15) is 16.8 Å². The Kier molecular flexibility index (Phi) is 7.12. The van der Waals surface area contributed by atoms with Crippen molar-refractivity contribution in [2.45, 2.75) is 55.7 Å². The van der Waals surface area contributed by atoms with Crippen molar-refractivity contribution in [2.75, 3.05) is 0 Å². The van der Waals surface area contributed by atoms with Crippen LogP contribution in [0.5, 0.6) is 0 Å². The highest BCUT2D eigenvalue weighted by molar-refractivity contribution is 7.86. The van der Waals surface area contributed by atoms with Crippen molar-refractivity contribution in [1.29, 1.82) is 0 Å². The Labute approximate surface area is 147 Å². The molecule has 10 heteroatoms. The van der Waals surface area contributed by atoms with E-state index in [-0.39, 0.29) is 17.9 Å². The van der Waals surface area contributed by atoms with Gasteiger partial charge in [-0.25, -0.2) is 4.79 Å². The van der Waals surface area contributed by atoms with E-state index in [1.54, 1.807) is 0 Å². The fraction of sp³-hybridized carbons (Fsp3) is 0.533. The lowest BCUT2D eigenvalue weighted by Crippen LogP contribution is -2.16. The normalized spacial score (nSPS) is 13.6. The molecular weight excluding hydrogens is 372 g/mol. The first-order valence-electron chi connectivity index (χ1n) is 7.77. The molecule has 25 heavy (non-hydrogen) atoms. The fourth-order valence-corrected chi connectivity index (χ4v) is 4.02. The van der Waals surface area contributed by atoms with E-state index in [1.165, 1.54) is 0 Å². The molecule has 1 rings (SSSR count). The predicted octanol–water partition coefficient (Wildman–Crippen LogP) is 2.64. The predicted molar refractivity (Wildman–Crippen MR) is 90.0 cm³/mol. The number of hydrogen-bond acceptors (Lipinski definition) is 5. The van der Waals surface area contributed by atoms with E-state index in [9.17, 15) is 31.3 Å². The molecular formula is C15H22O8S2. The van der Waals surface area contributed by atoms with Crippen molar-refractivity contribution >= 4 is 26.2 Å². The summed E-state index contributed by atoms with van der Waals surface area (Å²) in [7, 11) is -9.73. The average molecular weight is 394 g/mol. The Balaban J connectivity index is 3.65. The van der Waals surface area contributed by atoms with Crippen molar-refractivity contribution in [2.24, 2.45) is 5.92 Å². The van der Waals surface area contributed by atoms with Gasteiger partial charge in [-0.3, -0.25) is 9.11 Å². The maximum Gasteiger partial charge on any atom is 0.336 e. The van der Waals surface area contributed by atoms with Crippen LogP contribution in [0.4, 0.5) is 0 Å². The number of carbonyl (C=O) groups is 1. The minimum absolute atomic E-state index is 0.0323. The first-order chi connectivity index (χ1) is 11.4. The SMILES string of the molecule is CCCCC(CC)Cc1c(C(=O)O)cc(S(=O)(=O)O)cc1S(=O)(=O)O. The zero-order valence-corrected chi connectivity index (χ0v) is 15.6. The minimum atomic E-state index is -4.89. The van der Waals surface area contributed by atoms with Crippen molar-refractivity contribution < 1.29 is 35.8 Å². The lowest BCUT2D eigenvalue weighted by Gasteiger charge is -2.18. The van der Waals surface area contributed by atoms with Gasteiger partial charge in [0, 0.05) is 0 Å². The van der Waals surface area contributed by atoms with Gasteiger partial charge in [-0.1, -0.05) is 39.5 Å². The average Bonchev–Trinajstić information content (AvgIpc) is 2.48. The lowest BCUT2D eigenvalue weighted by molar-refractivity contribution is 0.0694. The molecule has 0 aromatic heterocycles. The molecule has 1 aromatic carbocycles. The van der Waals surface area contributed by atoms with Gasteiger partial charge in [-0.05, 0) is 30.0 Å². The first kappa shape index (κ1) is 21.6. The third-order valence-corrected chi connectivity index (χ3v) is 5.78. The van der Waals surface area contributed by atoms with E-state index in [2.05, 4.69) is 0 Å². The molecule has 3 N–H and O–H groups in total. The van der Waals surface area contributed by atoms with Crippen LogP contribution >= 0.6 is 0 Å². The van der Waals surface area contributed by atoms with Gasteiger partial charge in [0.15, 0.2) is 0 Å². The molecule has 0 fully saturated rings. The second-order valence-corrected chi connectivity index (χ2v) is 8.63. The van der Waals surface area contributed by atoms with Crippen LogP contribution in [0.25, 0.3) is 0 Å². The minimum Gasteiger partial charge on any atom is -0.478 e. The maximum atomic E-state index is 11.7. The second-order valence-electron chi connectivity index (χ2n) is 5.82. The van der Waals surface area contributed by atoms with Gasteiger partial charge >= 0.3 is 5.97 Å². The van der Waals surface area contributed by atoms with E-state index in [0.717, 1.165) is 19.3 Å². The summed E-state index contributed by atoms with van der Waals surface area (Å²) in [6.45, 7) is 3.86. The van der Waals surface area contributed by atoms with E-state index in [1.807, 2.05) is 13.8 Å². The van der Waals surface area contributed by atoms with Gasteiger partial charge < -0.3 is 5.11 Å². The number of benzene rings is 1. The Bertz CT molecular complexity index is 841. The van der Waals surface area contributed by atoms with Crippen LogP contribution in [0.15, 0.2) is 21.9 Å². The Morgan fingerprint density at radius 1 is 1.08 bits per heavy atom. The molecule has 0 aliphatic heterocycles. The van der Waals surface area contributed by atoms with E-state index >= 15 is 0 Å². The van der Waals surface area contributed by atoms with Crippen molar-refractivity contribution in [1.82, 2.24) is 0 Å². The molecule has 0 bridgehead atoms. The lowest BCUT2D eigenvalue weighted by atomic mass is 9.90. The van der Waals surface area contributed by atoms with Crippen LogP contribution < -0.4 is 0 Å². The van der Waals surface area contributed by atoms with Crippen molar-refractivity contribution in [3.05, 3.63) is 23.3 Å². The summed E-state index contributed by atoms with van der Waals surface area (Å²) in [5.41, 5.74) is -0.733. The number of unbranched alkanes of at least 4 members (excludes halogenated alkanes) is 1. The Morgan fingerprint density at radius 3 is 2.08 bits per heavy atom. The summed E-state index contributed by atoms with van der Waals surface area (Å²) in [5, 5.41) is 9.35. The first-order valence-corrected chi connectivity index (χ1v) is 10.6. The Hall–Kier alpha value is -1.49. The Morgan fingerprint density at radius 2 is 1.68 bits per heavy atom. The van der Waals surface area contributed by atoms with Gasteiger partial charge in [0.25, 0.3) is 20.2 Å². The quantitative estimate of drug-likeness (QED) is 0.542. The van der Waals surface area contributed by atoms with Crippen LogP contribution in [-0.2, 0) is 26.7 Å². The second kappa shape index (κ2) is 8.26. The molecule has 0 aliphatic rings. The zero-order chi connectivity index (χ0) is 19.4. The third-order valence-electron chi connectivity index (χ3n) is 4.02. The molecule has 0 amide bonds. The summed E-state index contributed by atoms with van der Waals surface area (Å²) in [6, 6.07) is 1.28. The molecule has 1 unspecified atom stereocenters. The van der Waals surface area contributed by atoms with Crippen LogP contribution in [0, 0.1) is 5.92 Å². The highest BCUT2D eigenvalue weighted by Gasteiger charge is 2.27. The maximum absolute atomic E-state index is 11.7. The third kappa shape index (κ3) is 5.77. The monoisotopic (exact) mass is 394 g/mol. The number of carboxylic acid groups (broad SMARTS) is 1. The number of rotatable bonds is 9. The number of carboxylic acids is 1. The molecule has 0 spiro atoms. The molecule has 0 heterocycles. The van der Waals surface area contributed by atoms with Crippen LogP contribution in [-0.4, -0.2) is 37.0 Å². The molecule has 142 valence electrons. The molecule has 0 aliphatic carbocycles. The van der Waals surface area contributed by atoms with Crippen molar-refractivity contribution in [3.63, 3.8) is 0 Å².